The van der Waals surface area contributed by atoms with Gasteiger partial charge in [0.2, 0.25) is 5.91 Å². The number of hydrogen-bond acceptors (Lipinski definition) is 2. The lowest BCUT2D eigenvalue weighted by Crippen LogP contribution is -2.43. The Morgan fingerprint density at radius 2 is 1.83 bits per heavy atom. The zero-order valence-electron chi connectivity index (χ0n) is 13.6. The van der Waals surface area contributed by atoms with Gasteiger partial charge < -0.3 is 15.1 Å². The molecule has 1 heterocycles. The van der Waals surface area contributed by atoms with Gasteiger partial charge in [0, 0.05) is 37.7 Å². The summed E-state index contributed by atoms with van der Waals surface area (Å²) >= 11 is 6.12. The highest BCUT2D eigenvalue weighted by atomic mass is 35.5. The van der Waals surface area contributed by atoms with E-state index in [2.05, 4.69) is 5.32 Å². The van der Waals surface area contributed by atoms with Gasteiger partial charge in [0.05, 0.1) is 6.42 Å². The van der Waals surface area contributed by atoms with Crippen LogP contribution in [0.25, 0.3) is 0 Å². The van der Waals surface area contributed by atoms with Crippen LogP contribution in [-0.4, -0.2) is 54.5 Å². The highest BCUT2D eigenvalue weighted by Gasteiger charge is 2.22. The third-order valence-corrected chi connectivity index (χ3v) is 4.33. The van der Waals surface area contributed by atoms with Gasteiger partial charge in [-0.1, -0.05) is 36.7 Å². The van der Waals surface area contributed by atoms with E-state index in [1.165, 1.54) is 0 Å². The summed E-state index contributed by atoms with van der Waals surface area (Å²) in [6.07, 6.45) is 2.03. The van der Waals surface area contributed by atoms with Crippen molar-refractivity contribution in [3.05, 3.63) is 34.9 Å². The first-order valence-electron chi connectivity index (χ1n) is 8.15. The Labute approximate surface area is 142 Å². The zero-order chi connectivity index (χ0) is 16.7. The number of nitrogens with one attached hydrogen (secondary N) is 1. The van der Waals surface area contributed by atoms with Crippen LogP contribution < -0.4 is 5.32 Å². The fraction of sp³-hybridized carbons (Fsp3) is 0.529. The molecule has 2 rings (SSSR count). The number of halogens is 1. The average Bonchev–Trinajstić information content (AvgIpc) is 2.81. The number of amides is 3. The number of carbonyl (C=O) groups is 2. The van der Waals surface area contributed by atoms with Crippen LogP contribution in [-0.2, 0) is 11.2 Å². The highest BCUT2D eigenvalue weighted by Crippen LogP contribution is 2.16. The minimum Gasteiger partial charge on any atom is -0.341 e. The molecular formula is C17H24ClN3O2. The summed E-state index contributed by atoms with van der Waals surface area (Å²) in [5, 5.41) is 3.51. The van der Waals surface area contributed by atoms with Crippen LogP contribution >= 0.6 is 11.6 Å². The second kappa shape index (κ2) is 8.77. The van der Waals surface area contributed by atoms with Crippen molar-refractivity contribution < 1.29 is 9.59 Å². The summed E-state index contributed by atoms with van der Waals surface area (Å²) in [7, 11) is 0. The largest absolute Gasteiger partial charge is 0.341 e. The second-order valence-corrected chi connectivity index (χ2v) is 6.13. The molecule has 0 saturated carbocycles. The Morgan fingerprint density at radius 1 is 1.13 bits per heavy atom. The third kappa shape index (κ3) is 5.13. The lowest BCUT2D eigenvalue weighted by molar-refractivity contribution is -0.130. The summed E-state index contributed by atoms with van der Waals surface area (Å²) in [4.78, 5) is 28.1. The van der Waals surface area contributed by atoms with Crippen LogP contribution in [0.5, 0.6) is 0 Å². The number of urea groups is 1. The van der Waals surface area contributed by atoms with E-state index < -0.39 is 0 Å². The van der Waals surface area contributed by atoms with Crippen LogP contribution in [0.3, 0.4) is 0 Å². The quantitative estimate of drug-likeness (QED) is 0.918. The van der Waals surface area contributed by atoms with Crippen LogP contribution in [0, 0.1) is 0 Å². The van der Waals surface area contributed by atoms with Crippen molar-refractivity contribution in [3.63, 3.8) is 0 Å². The van der Waals surface area contributed by atoms with Gasteiger partial charge in [0.1, 0.15) is 0 Å². The molecule has 0 aliphatic carbocycles. The van der Waals surface area contributed by atoms with E-state index in [1.807, 2.05) is 30.0 Å². The fourth-order valence-electron chi connectivity index (χ4n) is 2.63. The molecule has 0 radical (unpaired) electrons. The van der Waals surface area contributed by atoms with Gasteiger partial charge in [0.25, 0.3) is 0 Å². The van der Waals surface area contributed by atoms with Crippen molar-refractivity contribution in [2.45, 2.75) is 26.2 Å². The van der Waals surface area contributed by atoms with Gasteiger partial charge in [0.15, 0.2) is 0 Å². The molecule has 1 saturated heterocycles. The van der Waals surface area contributed by atoms with E-state index in [9.17, 15) is 9.59 Å². The fourth-order valence-corrected chi connectivity index (χ4v) is 2.83. The van der Waals surface area contributed by atoms with Gasteiger partial charge in [-0.2, -0.15) is 0 Å². The topological polar surface area (TPSA) is 52.7 Å². The molecule has 1 N–H and O–H groups in total. The van der Waals surface area contributed by atoms with Crippen LogP contribution in [0.15, 0.2) is 24.3 Å². The molecule has 1 aliphatic rings. The van der Waals surface area contributed by atoms with Crippen molar-refractivity contribution in [2.24, 2.45) is 0 Å². The van der Waals surface area contributed by atoms with Crippen molar-refractivity contribution in [1.82, 2.24) is 15.1 Å². The number of hydrogen-bond donors (Lipinski definition) is 1. The number of rotatable bonds is 4. The molecular weight excluding hydrogens is 314 g/mol. The highest BCUT2D eigenvalue weighted by molar-refractivity contribution is 6.31. The minimum absolute atomic E-state index is 0.0350. The van der Waals surface area contributed by atoms with E-state index >= 15 is 0 Å². The maximum absolute atomic E-state index is 12.5. The lowest BCUT2D eigenvalue weighted by atomic mass is 10.1. The SMILES string of the molecule is CCCNC(=O)N1CCCN(C(=O)Cc2ccccc2Cl)CC1. The standard InChI is InChI=1S/C17H24ClN3O2/c1-2-8-19-17(23)21-10-5-9-20(11-12-21)16(22)13-14-6-3-4-7-15(14)18/h3-4,6-7H,2,5,8-13H2,1H3,(H,19,23). The molecule has 126 valence electrons. The Kier molecular flexibility index (Phi) is 6.71. The Bertz CT molecular complexity index is 550. The van der Waals surface area contributed by atoms with Crippen molar-refractivity contribution in [1.29, 1.82) is 0 Å². The molecule has 1 aromatic rings. The van der Waals surface area contributed by atoms with Gasteiger partial charge in [-0.05, 0) is 24.5 Å². The van der Waals surface area contributed by atoms with E-state index in [0.29, 0.717) is 44.2 Å². The monoisotopic (exact) mass is 337 g/mol. The maximum Gasteiger partial charge on any atom is 0.317 e. The predicted octanol–water partition coefficient (Wildman–Crippen LogP) is 2.54. The number of nitrogens with zero attached hydrogens (tertiary/aromatic N) is 2. The predicted molar refractivity (Wildman–Crippen MR) is 91.6 cm³/mol. The maximum atomic E-state index is 12.5. The molecule has 0 bridgehead atoms. The van der Waals surface area contributed by atoms with E-state index in [0.717, 1.165) is 18.4 Å². The number of benzene rings is 1. The van der Waals surface area contributed by atoms with Crippen molar-refractivity contribution in [2.75, 3.05) is 32.7 Å². The zero-order valence-corrected chi connectivity index (χ0v) is 14.3. The van der Waals surface area contributed by atoms with E-state index in [-0.39, 0.29) is 11.9 Å². The van der Waals surface area contributed by atoms with E-state index in [4.69, 9.17) is 11.6 Å². The number of carbonyl (C=O) groups excluding carboxylic acids is 2. The molecule has 6 heteroatoms. The van der Waals surface area contributed by atoms with Gasteiger partial charge >= 0.3 is 6.03 Å². The van der Waals surface area contributed by atoms with Crippen LogP contribution in [0.2, 0.25) is 5.02 Å². The van der Waals surface area contributed by atoms with Crippen LogP contribution in [0.1, 0.15) is 25.3 Å². The molecule has 1 aromatic carbocycles. The minimum atomic E-state index is -0.0350. The first kappa shape index (κ1) is 17.6. The average molecular weight is 338 g/mol. The second-order valence-electron chi connectivity index (χ2n) is 5.72. The molecule has 0 spiro atoms. The van der Waals surface area contributed by atoms with Gasteiger partial charge in [-0.25, -0.2) is 4.79 Å². The van der Waals surface area contributed by atoms with Gasteiger partial charge in [-0.3, -0.25) is 4.79 Å². The normalized spacial score (nSPS) is 15.2. The van der Waals surface area contributed by atoms with E-state index in [1.54, 1.807) is 11.0 Å². The Balaban J connectivity index is 1.88. The Hall–Kier alpha value is -1.75. The summed E-state index contributed by atoms with van der Waals surface area (Å²) in [6.45, 7) is 5.22. The Morgan fingerprint density at radius 3 is 2.57 bits per heavy atom. The first-order valence-corrected chi connectivity index (χ1v) is 8.53. The van der Waals surface area contributed by atoms with Gasteiger partial charge in [-0.15, -0.1) is 0 Å². The molecule has 5 nitrogen and oxygen atoms in total. The molecule has 0 aromatic heterocycles. The summed E-state index contributed by atoms with van der Waals surface area (Å²) in [5.41, 5.74) is 0.848. The molecule has 1 fully saturated rings. The summed E-state index contributed by atoms with van der Waals surface area (Å²) in [5.74, 6) is 0.0638. The lowest BCUT2D eigenvalue weighted by Gasteiger charge is -2.22. The molecule has 3 amide bonds. The molecule has 23 heavy (non-hydrogen) atoms. The molecule has 0 unspecified atom stereocenters. The molecule has 0 atom stereocenters. The first-order chi connectivity index (χ1) is 11.1. The summed E-state index contributed by atoms with van der Waals surface area (Å²) in [6, 6.07) is 7.38. The van der Waals surface area contributed by atoms with Crippen molar-refractivity contribution >= 4 is 23.5 Å². The van der Waals surface area contributed by atoms with Crippen molar-refractivity contribution in [3.8, 4) is 0 Å². The smallest absolute Gasteiger partial charge is 0.317 e. The van der Waals surface area contributed by atoms with Crippen LogP contribution in [0.4, 0.5) is 4.79 Å². The third-order valence-electron chi connectivity index (χ3n) is 3.96. The molecule has 1 aliphatic heterocycles. The summed E-state index contributed by atoms with van der Waals surface area (Å²) < 4.78 is 0.